The fourth-order valence-electron chi connectivity index (χ4n) is 11.7. The number of ether oxygens (including phenoxy) is 1. The van der Waals surface area contributed by atoms with Gasteiger partial charge in [-0.2, -0.15) is 0 Å². The molecule has 1 saturated carbocycles. The Bertz CT molecular complexity index is 2300. The number of aromatic hydroxyl groups is 1. The molecule has 12 heteroatoms. The monoisotopic (exact) mass is 793 g/mol. The lowest BCUT2D eigenvalue weighted by Crippen LogP contribution is -2.59. The van der Waals surface area contributed by atoms with Gasteiger partial charge in [-0.05, 0) is 103 Å². The molecule has 12 nitrogen and oxygen atoms in total. The first-order valence-corrected chi connectivity index (χ1v) is 21.7. The van der Waals surface area contributed by atoms with Gasteiger partial charge in [0.15, 0.2) is 0 Å². The normalized spacial score (nSPS) is 26.4. The minimum Gasteiger partial charge on any atom is -0.508 e. The highest BCUT2D eigenvalue weighted by Gasteiger charge is 2.47. The Kier molecular flexibility index (Phi) is 8.90. The first-order valence-electron chi connectivity index (χ1n) is 21.7. The Hall–Kier alpha value is -5.49. The quantitative estimate of drug-likeness (QED) is 0.246. The van der Waals surface area contributed by atoms with Gasteiger partial charge >= 0.3 is 0 Å². The highest BCUT2D eigenvalue weighted by Crippen LogP contribution is 2.49. The van der Waals surface area contributed by atoms with Crippen LogP contribution < -0.4 is 19.9 Å². The largest absolute Gasteiger partial charge is 0.508 e. The number of fused-ring (bicyclic) bond motifs is 6. The molecule has 2 N–H and O–H groups in total. The van der Waals surface area contributed by atoms with Crippen LogP contribution in [0.5, 0.6) is 11.5 Å². The number of phenols is 1. The molecule has 59 heavy (non-hydrogen) atoms. The van der Waals surface area contributed by atoms with Crippen LogP contribution in [0, 0.1) is 11.3 Å². The maximum atomic E-state index is 13.4. The van der Waals surface area contributed by atoms with Gasteiger partial charge < -0.3 is 24.5 Å². The predicted octanol–water partition coefficient (Wildman–Crippen LogP) is 5.38. The minimum absolute atomic E-state index is 0.144. The highest BCUT2D eigenvalue weighted by atomic mass is 16.5. The van der Waals surface area contributed by atoms with Gasteiger partial charge in [0.2, 0.25) is 17.8 Å². The predicted molar refractivity (Wildman–Crippen MR) is 222 cm³/mol. The third-order valence-electron chi connectivity index (χ3n) is 14.8. The number of phenolic OH excluding ortho intramolecular Hbond substituents is 1. The summed E-state index contributed by atoms with van der Waals surface area (Å²) in [5.41, 5.74) is 7.81. The van der Waals surface area contributed by atoms with Crippen molar-refractivity contribution in [1.29, 1.82) is 0 Å². The average molecular weight is 794 g/mol. The van der Waals surface area contributed by atoms with E-state index in [-0.39, 0.29) is 30.2 Å². The number of piperidine rings is 1. The number of aromatic nitrogens is 2. The van der Waals surface area contributed by atoms with Crippen LogP contribution >= 0.6 is 0 Å². The molecule has 3 amide bonds. The number of imide groups is 1. The van der Waals surface area contributed by atoms with Crippen molar-refractivity contribution in [2.75, 3.05) is 55.7 Å². The lowest BCUT2D eigenvalue weighted by Gasteiger charge is -2.54. The number of benzene rings is 3. The number of amides is 3. The first kappa shape index (κ1) is 36.6. The molecule has 4 atom stereocenters. The molecule has 2 aliphatic carbocycles. The Balaban J connectivity index is 0.688. The summed E-state index contributed by atoms with van der Waals surface area (Å²) in [6.45, 7) is 6.94. The number of carbonyl (C=O) groups excluding carboxylic acids is 3. The summed E-state index contributed by atoms with van der Waals surface area (Å²) >= 11 is 0. The molecule has 3 aromatic carbocycles. The van der Waals surface area contributed by atoms with Crippen molar-refractivity contribution < 1.29 is 24.2 Å². The maximum Gasteiger partial charge on any atom is 0.255 e. The molecule has 1 aromatic heterocycles. The molecular formula is C47H51N7O5. The van der Waals surface area contributed by atoms with Crippen molar-refractivity contribution in [3.05, 3.63) is 106 Å². The molecule has 0 unspecified atom stereocenters. The van der Waals surface area contributed by atoms with Gasteiger partial charge in [0.25, 0.3) is 5.91 Å². The highest BCUT2D eigenvalue weighted by molar-refractivity contribution is 6.06. The first-order chi connectivity index (χ1) is 28.8. The van der Waals surface area contributed by atoms with Gasteiger partial charge in [-0.25, -0.2) is 9.97 Å². The summed E-state index contributed by atoms with van der Waals surface area (Å²) in [5, 5.41) is 12.6. The number of aryl methyl sites for hydroxylation is 1. The van der Waals surface area contributed by atoms with Crippen molar-refractivity contribution in [3.8, 4) is 11.5 Å². The molecule has 7 aliphatic rings. The number of carbonyl (C=O) groups is 3. The molecule has 1 spiro atoms. The van der Waals surface area contributed by atoms with E-state index in [0.29, 0.717) is 48.1 Å². The Morgan fingerprint density at radius 2 is 1.68 bits per heavy atom. The Morgan fingerprint density at radius 1 is 0.864 bits per heavy atom. The van der Waals surface area contributed by atoms with E-state index in [2.05, 4.69) is 56.4 Å². The van der Waals surface area contributed by atoms with Crippen molar-refractivity contribution >= 4 is 29.4 Å². The Morgan fingerprint density at radius 3 is 2.47 bits per heavy atom. The Labute approximate surface area is 344 Å². The smallest absolute Gasteiger partial charge is 0.255 e. The van der Waals surface area contributed by atoms with E-state index >= 15 is 0 Å². The lowest BCUT2D eigenvalue weighted by molar-refractivity contribution is -0.136. The van der Waals surface area contributed by atoms with Gasteiger partial charge in [0.05, 0.1) is 18.3 Å². The van der Waals surface area contributed by atoms with Crippen LogP contribution in [0.4, 0.5) is 11.6 Å². The zero-order chi connectivity index (χ0) is 39.8. The van der Waals surface area contributed by atoms with Crippen LogP contribution in [0.2, 0.25) is 0 Å². The fourth-order valence-corrected chi connectivity index (χ4v) is 11.7. The molecule has 11 rings (SSSR count). The molecule has 4 aromatic rings. The van der Waals surface area contributed by atoms with Gasteiger partial charge in [0, 0.05) is 80.5 Å². The van der Waals surface area contributed by atoms with E-state index in [4.69, 9.17) is 14.7 Å². The van der Waals surface area contributed by atoms with E-state index in [0.717, 1.165) is 80.6 Å². The van der Waals surface area contributed by atoms with E-state index in [1.54, 1.807) is 4.90 Å². The molecule has 5 aliphatic heterocycles. The second kappa shape index (κ2) is 14.4. The summed E-state index contributed by atoms with van der Waals surface area (Å²) in [6, 6.07) is 20.2. The summed E-state index contributed by atoms with van der Waals surface area (Å²) < 4.78 is 6.45. The fraction of sp³-hybridized carbons (Fsp3) is 0.468. The molecule has 304 valence electrons. The molecule has 0 radical (unpaired) electrons. The molecule has 3 saturated heterocycles. The van der Waals surface area contributed by atoms with E-state index in [9.17, 15) is 19.5 Å². The van der Waals surface area contributed by atoms with Gasteiger partial charge in [0.1, 0.15) is 24.1 Å². The second-order valence-corrected chi connectivity index (χ2v) is 18.3. The average Bonchev–Trinajstić information content (AvgIpc) is 3.58. The number of hydrogen-bond acceptors (Lipinski definition) is 10. The maximum absolute atomic E-state index is 13.4. The van der Waals surface area contributed by atoms with Crippen LogP contribution in [-0.2, 0) is 22.6 Å². The van der Waals surface area contributed by atoms with Crippen LogP contribution in [0.25, 0.3) is 0 Å². The SMILES string of the molecule is O=C1CC[C@H](N2Cc3c(ccc4c3OC[C@H]3CN(CC5CCC6(CC5)CN(c5ncc([C@H]7c8ccc(O)cc8CC[C@H]7c7ccccc7)cn5)C6)CCN43)C2=O)C(=O)N1. The van der Waals surface area contributed by atoms with Gasteiger partial charge in [-0.15, -0.1) is 0 Å². The van der Waals surface area contributed by atoms with Gasteiger partial charge in [-0.3, -0.25) is 24.6 Å². The number of rotatable bonds is 6. The zero-order valence-electron chi connectivity index (χ0n) is 33.4. The van der Waals surface area contributed by atoms with Crippen LogP contribution in [-0.4, -0.2) is 101 Å². The second-order valence-electron chi connectivity index (χ2n) is 18.3. The minimum atomic E-state index is -0.634. The molecule has 0 bridgehead atoms. The standard InChI is InChI=1S/C47H51N7O5/c55-34-7-9-36-31(20-34)6-8-35(30-4-2-1-3-5-30)42(36)32-21-48-46(49-22-32)52-27-47(28-52)16-14-29(15-17-47)23-51-18-19-53-33(24-51)26-59-43-38-25-54(40-12-13-41(56)50-44(40)57)45(58)37(38)10-11-39(43)53/h1-5,7,9-11,20-22,29,33,35,40,42,55H,6,8,12-19,23-28H2,(H,50,56,57)/t33-,35+,40+,42-/m1/s1. The number of piperazine rings is 1. The van der Waals surface area contributed by atoms with Crippen LogP contribution in [0.15, 0.2) is 73.1 Å². The molecule has 4 fully saturated rings. The summed E-state index contributed by atoms with van der Waals surface area (Å²) in [7, 11) is 0. The number of nitrogens with zero attached hydrogens (tertiary/aromatic N) is 6. The van der Waals surface area contributed by atoms with E-state index < -0.39 is 11.9 Å². The van der Waals surface area contributed by atoms with Crippen LogP contribution in [0.1, 0.15) is 95.0 Å². The zero-order valence-corrected chi connectivity index (χ0v) is 33.4. The summed E-state index contributed by atoms with van der Waals surface area (Å²) in [4.78, 5) is 56.7. The summed E-state index contributed by atoms with van der Waals surface area (Å²) in [5.74, 6) is 2.26. The van der Waals surface area contributed by atoms with E-state index in [1.807, 2.05) is 36.7 Å². The summed E-state index contributed by atoms with van der Waals surface area (Å²) in [6.07, 6.45) is 11.6. The molecule has 6 heterocycles. The lowest BCUT2D eigenvalue weighted by atomic mass is 9.66. The van der Waals surface area contributed by atoms with Crippen LogP contribution in [0.3, 0.4) is 0 Å². The number of hydrogen-bond donors (Lipinski definition) is 2. The molecular weight excluding hydrogens is 743 g/mol. The number of anilines is 2. The third kappa shape index (κ3) is 6.42. The number of nitrogens with one attached hydrogen (secondary N) is 1. The van der Waals surface area contributed by atoms with Crippen molar-refractivity contribution in [1.82, 2.24) is 25.1 Å². The van der Waals surface area contributed by atoms with Crippen molar-refractivity contribution in [2.24, 2.45) is 11.3 Å². The van der Waals surface area contributed by atoms with Crippen molar-refractivity contribution in [3.63, 3.8) is 0 Å². The van der Waals surface area contributed by atoms with E-state index in [1.165, 1.54) is 42.4 Å². The third-order valence-corrected chi connectivity index (χ3v) is 14.8. The van der Waals surface area contributed by atoms with Gasteiger partial charge in [-0.1, -0.05) is 36.4 Å². The topological polar surface area (TPSA) is 131 Å². The van der Waals surface area contributed by atoms with Crippen molar-refractivity contribution in [2.45, 2.75) is 81.8 Å².